The zero-order chi connectivity index (χ0) is 14.6. The molecule has 20 heavy (non-hydrogen) atoms. The number of rotatable bonds is 8. The SMILES string of the molecule is CC(C)NC(CO)(COc1cccc(CO)c1)C1CC1. The minimum absolute atomic E-state index is 0.00914. The van der Waals surface area contributed by atoms with Gasteiger partial charge in [-0.1, -0.05) is 26.0 Å². The van der Waals surface area contributed by atoms with Gasteiger partial charge in [-0.2, -0.15) is 0 Å². The average molecular weight is 279 g/mol. The van der Waals surface area contributed by atoms with Crippen molar-refractivity contribution in [3.8, 4) is 5.75 Å². The van der Waals surface area contributed by atoms with Gasteiger partial charge in [0.05, 0.1) is 18.8 Å². The molecule has 4 heteroatoms. The highest BCUT2D eigenvalue weighted by Crippen LogP contribution is 2.40. The molecule has 0 bridgehead atoms. The van der Waals surface area contributed by atoms with Crippen LogP contribution in [0.2, 0.25) is 0 Å². The molecule has 112 valence electrons. The molecule has 0 saturated heterocycles. The monoisotopic (exact) mass is 279 g/mol. The van der Waals surface area contributed by atoms with Crippen molar-refractivity contribution in [2.24, 2.45) is 5.92 Å². The lowest BCUT2D eigenvalue weighted by atomic mass is 9.94. The van der Waals surface area contributed by atoms with E-state index < -0.39 is 0 Å². The zero-order valence-electron chi connectivity index (χ0n) is 12.3. The fourth-order valence-electron chi connectivity index (χ4n) is 2.65. The van der Waals surface area contributed by atoms with Crippen LogP contribution in [0.25, 0.3) is 0 Å². The van der Waals surface area contributed by atoms with Crippen molar-refractivity contribution in [3.05, 3.63) is 29.8 Å². The second-order valence-electron chi connectivity index (χ2n) is 5.98. The molecule has 1 unspecified atom stereocenters. The fourth-order valence-corrected chi connectivity index (χ4v) is 2.65. The summed E-state index contributed by atoms with van der Waals surface area (Å²) in [6.07, 6.45) is 2.28. The molecule has 2 rings (SSSR count). The first-order valence-corrected chi connectivity index (χ1v) is 7.31. The van der Waals surface area contributed by atoms with Gasteiger partial charge in [-0.3, -0.25) is 0 Å². The molecule has 4 nitrogen and oxygen atoms in total. The Kier molecular flexibility index (Phi) is 5.02. The highest BCUT2D eigenvalue weighted by atomic mass is 16.5. The zero-order valence-corrected chi connectivity index (χ0v) is 12.3. The van der Waals surface area contributed by atoms with Crippen molar-refractivity contribution in [3.63, 3.8) is 0 Å². The van der Waals surface area contributed by atoms with E-state index in [2.05, 4.69) is 19.2 Å². The summed E-state index contributed by atoms with van der Waals surface area (Å²) in [4.78, 5) is 0. The molecule has 0 aliphatic heterocycles. The lowest BCUT2D eigenvalue weighted by Crippen LogP contribution is -2.57. The van der Waals surface area contributed by atoms with Crippen LogP contribution in [0.15, 0.2) is 24.3 Å². The summed E-state index contributed by atoms with van der Waals surface area (Å²) in [5.41, 5.74) is 0.476. The Morgan fingerprint density at radius 1 is 1.35 bits per heavy atom. The number of hydrogen-bond donors (Lipinski definition) is 3. The third-order valence-corrected chi connectivity index (χ3v) is 3.79. The normalized spacial score (nSPS) is 18.1. The fraction of sp³-hybridized carbons (Fsp3) is 0.625. The first-order chi connectivity index (χ1) is 9.59. The van der Waals surface area contributed by atoms with E-state index in [0.29, 0.717) is 18.6 Å². The molecule has 1 saturated carbocycles. The van der Waals surface area contributed by atoms with Gasteiger partial charge in [0.1, 0.15) is 12.4 Å². The van der Waals surface area contributed by atoms with E-state index in [-0.39, 0.29) is 18.8 Å². The van der Waals surface area contributed by atoms with Gasteiger partial charge in [-0.15, -0.1) is 0 Å². The summed E-state index contributed by atoms with van der Waals surface area (Å²) in [6, 6.07) is 7.75. The number of aliphatic hydroxyl groups is 2. The number of hydrogen-bond acceptors (Lipinski definition) is 4. The predicted molar refractivity (Wildman–Crippen MR) is 78.7 cm³/mol. The summed E-state index contributed by atoms with van der Waals surface area (Å²) < 4.78 is 5.87. The second-order valence-corrected chi connectivity index (χ2v) is 5.98. The van der Waals surface area contributed by atoms with E-state index in [1.165, 1.54) is 0 Å². The maximum atomic E-state index is 9.83. The van der Waals surface area contributed by atoms with Crippen molar-refractivity contribution >= 4 is 0 Å². The molecule has 1 aromatic rings. The van der Waals surface area contributed by atoms with Crippen LogP contribution in [-0.2, 0) is 6.61 Å². The highest BCUT2D eigenvalue weighted by molar-refractivity contribution is 5.28. The van der Waals surface area contributed by atoms with Gasteiger partial charge in [0.15, 0.2) is 0 Å². The molecular weight excluding hydrogens is 254 g/mol. The van der Waals surface area contributed by atoms with Crippen LogP contribution in [0.1, 0.15) is 32.3 Å². The smallest absolute Gasteiger partial charge is 0.119 e. The second kappa shape index (κ2) is 6.57. The number of aliphatic hydroxyl groups excluding tert-OH is 2. The Labute approximate surface area is 120 Å². The highest BCUT2D eigenvalue weighted by Gasteiger charge is 2.45. The minimum Gasteiger partial charge on any atom is -0.492 e. The van der Waals surface area contributed by atoms with Crippen molar-refractivity contribution in [2.45, 2.75) is 44.9 Å². The van der Waals surface area contributed by atoms with Crippen LogP contribution in [0.4, 0.5) is 0 Å². The molecule has 1 aromatic carbocycles. The summed E-state index contributed by atoms with van der Waals surface area (Å²) in [5.74, 6) is 1.22. The number of nitrogens with one attached hydrogen (secondary N) is 1. The molecule has 3 N–H and O–H groups in total. The van der Waals surface area contributed by atoms with Crippen molar-refractivity contribution in [2.75, 3.05) is 13.2 Å². The van der Waals surface area contributed by atoms with Gasteiger partial charge in [0.25, 0.3) is 0 Å². The molecule has 1 aliphatic carbocycles. The quantitative estimate of drug-likeness (QED) is 0.678. The molecule has 0 amide bonds. The van der Waals surface area contributed by atoms with Crippen LogP contribution in [0, 0.1) is 5.92 Å². The van der Waals surface area contributed by atoms with Crippen LogP contribution >= 0.6 is 0 Å². The third-order valence-electron chi connectivity index (χ3n) is 3.79. The van der Waals surface area contributed by atoms with Crippen LogP contribution in [0.3, 0.4) is 0 Å². The van der Waals surface area contributed by atoms with E-state index in [9.17, 15) is 5.11 Å². The Balaban J connectivity index is 2.04. The van der Waals surface area contributed by atoms with Crippen LogP contribution < -0.4 is 10.1 Å². The first kappa shape index (κ1) is 15.3. The molecule has 1 aliphatic rings. The Morgan fingerprint density at radius 2 is 2.10 bits per heavy atom. The number of benzene rings is 1. The van der Waals surface area contributed by atoms with E-state index >= 15 is 0 Å². The third kappa shape index (κ3) is 3.72. The summed E-state index contributed by atoms with van der Waals surface area (Å²) in [6.45, 7) is 4.70. The maximum absolute atomic E-state index is 9.83. The van der Waals surface area contributed by atoms with Gasteiger partial charge in [0.2, 0.25) is 0 Å². The van der Waals surface area contributed by atoms with E-state index in [1.54, 1.807) is 0 Å². The van der Waals surface area contributed by atoms with Crippen molar-refractivity contribution in [1.82, 2.24) is 5.32 Å². The number of ether oxygens (including phenoxy) is 1. The van der Waals surface area contributed by atoms with Gasteiger partial charge in [-0.25, -0.2) is 0 Å². The molecule has 0 spiro atoms. The molecule has 1 atom stereocenters. The largest absolute Gasteiger partial charge is 0.492 e. The molecule has 0 aromatic heterocycles. The molecule has 1 fully saturated rings. The molecular formula is C16H25NO3. The maximum Gasteiger partial charge on any atom is 0.119 e. The summed E-state index contributed by atoms with van der Waals surface area (Å²) >= 11 is 0. The topological polar surface area (TPSA) is 61.7 Å². The Hall–Kier alpha value is -1.10. The average Bonchev–Trinajstić information content (AvgIpc) is 3.28. The van der Waals surface area contributed by atoms with Crippen LogP contribution in [0.5, 0.6) is 5.75 Å². The standard InChI is InChI=1S/C16H25NO3/c1-12(2)17-16(10-19,14-6-7-14)11-20-15-5-3-4-13(8-15)9-18/h3-5,8,12,14,17-19H,6-7,9-11H2,1-2H3. The molecule has 0 heterocycles. The van der Waals surface area contributed by atoms with E-state index in [4.69, 9.17) is 9.84 Å². The molecule has 0 radical (unpaired) electrons. The predicted octanol–water partition coefficient (Wildman–Crippen LogP) is 1.70. The summed E-state index contributed by atoms with van der Waals surface area (Å²) in [7, 11) is 0. The Morgan fingerprint density at radius 3 is 2.65 bits per heavy atom. The lowest BCUT2D eigenvalue weighted by Gasteiger charge is -2.35. The van der Waals surface area contributed by atoms with E-state index in [0.717, 1.165) is 24.2 Å². The summed E-state index contributed by atoms with van der Waals surface area (Å²) in [5, 5.41) is 22.5. The van der Waals surface area contributed by atoms with Crippen LogP contribution in [-0.4, -0.2) is 35.0 Å². The lowest BCUT2D eigenvalue weighted by molar-refractivity contribution is 0.0778. The van der Waals surface area contributed by atoms with Gasteiger partial charge >= 0.3 is 0 Å². The van der Waals surface area contributed by atoms with Crippen molar-refractivity contribution < 1.29 is 14.9 Å². The first-order valence-electron chi connectivity index (χ1n) is 7.31. The van der Waals surface area contributed by atoms with Gasteiger partial charge in [0, 0.05) is 6.04 Å². The minimum atomic E-state index is -0.358. The van der Waals surface area contributed by atoms with Crippen molar-refractivity contribution in [1.29, 1.82) is 0 Å². The van der Waals surface area contributed by atoms with Gasteiger partial charge in [-0.05, 0) is 36.5 Å². The van der Waals surface area contributed by atoms with Gasteiger partial charge < -0.3 is 20.3 Å². The van der Waals surface area contributed by atoms with E-state index in [1.807, 2.05) is 24.3 Å². The Bertz CT molecular complexity index is 431.